The molecular formula is C32H40O8. The molecule has 1 heterocycles. The van der Waals surface area contributed by atoms with Gasteiger partial charge in [-0.05, 0) is 54.1 Å². The van der Waals surface area contributed by atoms with Crippen LogP contribution in [0.5, 0.6) is 0 Å². The van der Waals surface area contributed by atoms with Crippen LogP contribution in [0.4, 0.5) is 0 Å². The summed E-state index contributed by atoms with van der Waals surface area (Å²) < 4.78 is 24.2. The third-order valence-corrected chi connectivity index (χ3v) is 9.71. The highest BCUT2D eigenvalue weighted by Gasteiger charge is 2.71. The molecule has 2 saturated carbocycles. The molecule has 3 aliphatic carbocycles. The normalized spacial score (nSPS) is 39.0. The van der Waals surface area contributed by atoms with E-state index in [1.54, 1.807) is 6.92 Å². The van der Waals surface area contributed by atoms with E-state index in [4.69, 9.17) is 18.9 Å². The van der Waals surface area contributed by atoms with Gasteiger partial charge >= 0.3 is 17.9 Å². The van der Waals surface area contributed by atoms with Gasteiger partial charge in [0, 0.05) is 20.3 Å². The van der Waals surface area contributed by atoms with Gasteiger partial charge in [0.05, 0.1) is 18.9 Å². The lowest BCUT2D eigenvalue weighted by Gasteiger charge is -2.41. The molecule has 0 N–H and O–H groups in total. The van der Waals surface area contributed by atoms with Crippen LogP contribution in [0.1, 0.15) is 66.4 Å². The topological polar surface area (TPSA) is 108 Å². The molecular weight excluding hydrogens is 512 g/mol. The average Bonchev–Trinajstić information content (AvgIpc) is 3.73. The fraction of sp³-hybridized carbons (Fsp3) is 0.625. The van der Waals surface area contributed by atoms with Crippen LogP contribution in [0.2, 0.25) is 0 Å². The second kappa shape index (κ2) is 10.1. The standard InChI is InChI=1S/C32H40O8/c1-18-14-24-23(30(24,5)6)12-13-31(17-37-31)29(38-20(3)33)26-27(39-25(35)15-22-10-8-7-9-11-22)19(2)16-32(26,28(18)36)40-21(4)34/h7-11,14,19,23-24,26-27,29H,12-13,15-17H2,1-6H3/b18-14-/t19-,23+,24-,26-,27+,29+,31-,32+/m0/s1. The molecule has 8 heteroatoms. The number of rotatable bonds is 5. The Balaban J connectivity index is 1.61. The molecule has 1 spiro atoms. The van der Waals surface area contributed by atoms with Crippen molar-refractivity contribution in [3.8, 4) is 0 Å². The third-order valence-electron chi connectivity index (χ3n) is 9.71. The van der Waals surface area contributed by atoms with Crippen LogP contribution in [-0.4, -0.2) is 53.7 Å². The summed E-state index contributed by atoms with van der Waals surface area (Å²) in [6.45, 7) is 11.0. The molecule has 0 aromatic heterocycles. The highest BCUT2D eigenvalue weighted by atomic mass is 16.6. The van der Waals surface area contributed by atoms with E-state index in [1.165, 1.54) is 13.8 Å². The number of esters is 3. The largest absolute Gasteiger partial charge is 0.461 e. The summed E-state index contributed by atoms with van der Waals surface area (Å²) in [6.07, 6.45) is 1.85. The van der Waals surface area contributed by atoms with Crippen molar-refractivity contribution in [3.63, 3.8) is 0 Å². The second-order valence-corrected chi connectivity index (χ2v) is 12.9. The molecule has 0 radical (unpaired) electrons. The Labute approximate surface area is 235 Å². The minimum atomic E-state index is -1.68. The Kier molecular flexibility index (Phi) is 7.22. The van der Waals surface area contributed by atoms with Gasteiger partial charge in [0.2, 0.25) is 5.78 Å². The highest BCUT2D eigenvalue weighted by Crippen LogP contribution is 2.64. The van der Waals surface area contributed by atoms with Crippen molar-refractivity contribution in [2.45, 2.75) is 90.6 Å². The van der Waals surface area contributed by atoms with Gasteiger partial charge in [0.1, 0.15) is 17.8 Å². The number of ether oxygens (including phenoxy) is 4. The summed E-state index contributed by atoms with van der Waals surface area (Å²) in [4.78, 5) is 52.9. The first-order valence-electron chi connectivity index (χ1n) is 14.3. The van der Waals surface area contributed by atoms with Crippen molar-refractivity contribution in [2.75, 3.05) is 6.61 Å². The predicted octanol–water partition coefficient (Wildman–Crippen LogP) is 4.38. The maximum absolute atomic E-state index is 14.5. The van der Waals surface area contributed by atoms with Crippen molar-refractivity contribution in [1.82, 2.24) is 0 Å². The first-order chi connectivity index (χ1) is 18.8. The van der Waals surface area contributed by atoms with Crippen molar-refractivity contribution in [1.29, 1.82) is 0 Å². The van der Waals surface area contributed by atoms with Crippen LogP contribution in [0.3, 0.4) is 0 Å². The molecule has 0 amide bonds. The Bertz CT molecular complexity index is 1230. The van der Waals surface area contributed by atoms with E-state index in [0.29, 0.717) is 24.5 Å². The molecule has 1 aliphatic heterocycles. The molecule has 216 valence electrons. The molecule has 40 heavy (non-hydrogen) atoms. The molecule has 1 aromatic rings. The van der Waals surface area contributed by atoms with E-state index in [9.17, 15) is 19.2 Å². The Hall–Kier alpha value is -3.00. The number of benzene rings is 1. The average molecular weight is 553 g/mol. The number of Topliss-reactive ketones (excluding diaryl/α,β-unsaturated/α-hetero) is 1. The second-order valence-electron chi connectivity index (χ2n) is 12.9. The van der Waals surface area contributed by atoms with Crippen LogP contribution in [0, 0.1) is 29.1 Å². The lowest BCUT2D eigenvalue weighted by atomic mass is 9.74. The predicted molar refractivity (Wildman–Crippen MR) is 145 cm³/mol. The van der Waals surface area contributed by atoms with Crippen LogP contribution in [-0.2, 0) is 44.5 Å². The Morgan fingerprint density at radius 1 is 1.05 bits per heavy atom. The number of epoxide rings is 1. The lowest BCUT2D eigenvalue weighted by molar-refractivity contribution is -0.190. The van der Waals surface area contributed by atoms with E-state index in [2.05, 4.69) is 13.8 Å². The number of hydrogen-bond acceptors (Lipinski definition) is 8. The molecule has 8 atom stereocenters. The molecule has 0 bridgehead atoms. The van der Waals surface area contributed by atoms with Crippen molar-refractivity contribution in [2.24, 2.45) is 29.1 Å². The van der Waals surface area contributed by atoms with E-state index in [0.717, 1.165) is 12.0 Å². The number of allylic oxidation sites excluding steroid dienone is 1. The van der Waals surface area contributed by atoms with Gasteiger partial charge < -0.3 is 18.9 Å². The molecule has 4 aliphatic rings. The first kappa shape index (κ1) is 28.5. The maximum Gasteiger partial charge on any atom is 0.310 e. The van der Waals surface area contributed by atoms with Crippen molar-refractivity contribution in [3.05, 3.63) is 47.5 Å². The summed E-state index contributed by atoms with van der Waals surface area (Å²) in [5, 5.41) is 0. The van der Waals surface area contributed by atoms with E-state index in [-0.39, 0.29) is 35.9 Å². The summed E-state index contributed by atoms with van der Waals surface area (Å²) in [5.41, 5.74) is -1.22. The van der Waals surface area contributed by atoms with Gasteiger partial charge in [-0.25, -0.2) is 0 Å². The number of carbonyl (C=O) groups excluding carboxylic acids is 4. The maximum atomic E-state index is 14.5. The van der Waals surface area contributed by atoms with Gasteiger partial charge in [-0.3, -0.25) is 19.2 Å². The summed E-state index contributed by atoms with van der Waals surface area (Å²) >= 11 is 0. The molecule has 0 unspecified atom stereocenters. The summed E-state index contributed by atoms with van der Waals surface area (Å²) in [6, 6.07) is 9.25. The summed E-state index contributed by atoms with van der Waals surface area (Å²) in [7, 11) is 0. The fourth-order valence-corrected chi connectivity index (χ4v) is 7.55. The molecule has 3 fully saturated rings. The van der Waals surface area contributed by atoms with Crippen molar-refractivity contribution >= 4 is 23.7 Å². The zero-order chi connectivity index (χ0) is 29.0. The van der Waals surface area contributed by atoms with Gasteiger partial charge in [0.15, 0.2) is 5.60 Å². The fourth-order valence-electron chi connectivity index (χ4n) is 7.55. The van der Waals surface area contributed by atoms with E-state index >= 15 is 0 Å². The van der Waals surface area contributed by atoms with Crippen LogP contribution < -0.4 is 0 Å². The van der Waals surface area contributed by atoms with E-state index in [1.807, 2.05) is 43.3 Å². The molecule has 8 nitrogen and oxygen atoms in total. The first-order valence-corrected chi connectivity index (χ1v) is 14.3. The molecule has 1 aromatic carbocycles. The highest BCUT2D eigenvalue weighted by molar-refractivity contribution is 6.03. The summed E-state index contributed by atoms with van der Waals surface area (Å²) in [5.74, 6) is -2.72. The minimum Gasteiger partial charge on any atom is -0.461 e. The number of carbonyl (C=O) groups is 4. The van der Waals surface area contributed by atoms with Crippen LogP contribution in [0.15, 0.2) is 42.0 Å². The van der Waals surface area contributed by atoms with Crippen molar-refractivity contribution < 1.29 is 38.1 Å². The quantitative estimate of drug-likeness (QED) is 0.301. The van der Waals surface area contributed by atoms with Crippen LogP contribution in [0.25, 0.3) is 0 Å². The minimum absolute atomic E-state index is 0.0141. The Morgan fingerprint density at radius 2 is 1.73 bits per heavy atom. The smallest absolute Gasteiger partial charge is 0.310 e. The molecule has 5 rings (SSSR count). The number of ketones is 1. The molecule has 1 saturated heterocycles. The van der Waals surface area contributed by atoms with Gasteiger partial charge in [-0.15, -0.1) is 0 Å². The number of hydrogen-bond donors (Lipinski definition) is 0. The van der Waals surface area contributed by atoms with Crippen LogP contribution >= 0.6 is 0 Å². The zero-order valence-corrected chi connectivity index (χ0v) is 24.2. The lowest BCUT2D eigenvalue weighted by Crippen LogP contribution is -2.58. The van der Waals surface area contributed by atoms with Gasteiger partial charge in [-0.1, -0.05) is 57.2 Å². The number of fused-ring (bicyclic) bond motifs is 2. The van der Waals surface area contributed by atoms with Gasteiger partial charge in [-0.2, -0.15) is 0 Å². The van der Waals surface area contributed by atoms with E-state index < -0.39 is 47.2 Å². The third kappa shape index (κ3) is 5.00. The SMILES string of the molecule is CC(=O)O[C@@H]1[C@@H]2[C@H](OC(=O)Cc3ccccc3)[C@@H](C)C[C@]2(OC(C)=O)C(=O)/C(C)=C\[C@H]2[C@@H](CC[C@]13CO3)C2(C)C. The monoisotopic (exact) mass is 552 g/mol. The Morgan fingerprint density at radius 3 is 2.33 bits per heavy atom. The van der Waals surface area contributed by atoms with Gasteiger partial charge in [0.25, 0.3) is 0 Å². The zero-order valence-electron chi connectivity index (χ0n) is 24.2.